The lowest BCUT2D eigenvalue weighted by Gasteiger charge is -2.18. The van der Waals surface area contributed by atoms with E-state index < -0.39 is 16.1 Å². The second-order valence-corrected chi connectivity index (χ2v) is 10.1. The first kappa shape index (κ1) is 20.3. The summed E-state index contributed by atoms with van der Waals surface area (Å²) in [5.41, 5.74) is 4.65. The van der Waals surface area contributed by atoms with Crippen LogP contribution in [-0.4, -0.2) is 37.8 Å². The molecule has 2 aromatic heterocycles. The number of aromatic amines is 1. The molecular weight excluding hydrogens is 432 g/mol. The SMILES string of the molecule is O=S(=O)(N[C@@H](CO)Cc1c[nH]c2ccccc12)c1cc(-c2ccsc2)cc2c1OCC2. The second-order valence-electron chi connectivity index (χ2n) is 7.64. The Morgan fingerprint density at radius 3 is 2.87 bits per heavy atom. The van der Waals surface area contributed by atoms with E-state index in [9.17, 15) is 13.5 Å². The number of ether oxygens (including phenoxy) is 1. The van der Waals surface area contributed by atoms with Crippen molar-refractivity contribution in [3.05, 3.63) is 70.5 Å². The lowest BCUT2D eigenvalue weighted by Crippen LogP contribution is -2.39. The number of aromatic nitrogens is 1. The average Bonchev–Trinajstić information content (AvgIpc) is 3.53. The molecule has 160 valence electrons. The molecule has 0 spiro atoms. The van der Waals surface area contributed by atoms with Crippen LogP contribution in [0.15, 0.2) is 64.3 Å². The third kappa shape index (κ3) is 3.87. The van der Waals surface area contributed by atoms with Crippen LogP contribution in [0.25, 0.3) is 22.0 Å². The van der Waals surface area contributed by atoms with E-state index in [1.165, 1.54) is 0 Å². The van der Waals surface area contributed by atoms with Gasteiger partial charge in [-0.15, -0.1) is 0 Å². The monoisotopic (exact) mass is 454 g/mol. The summed E-state index contributed by atoms with van der Waals surface area (Å²) in [7, 11) is -3.91. The molecule has 0 radical (unpaired) electrons. The maximum absolute atomic E-state index is 13.4. The highest BCUT2D eigenvalue weighted by Crippen LogP contribution is 2.38. The first-order chi connectivity index (χ1) is 15.0. The highest BCUT2D eigenvalue weighted by Gasteiger charge is 2.29. The van der Waals surface area contributed by atoms with Gasteiger partial charge in [0.15, 0.2) is 0 Å². The van der Waals surface area contributed by atoms with Gasteiger partial charge in [-0.2, -0.15) is 11.3 Å². The van der Waals surface area contributed by atoms with Crippen LogP contribution in [0.5, 0.6) is 5.75 Å². The van der Waals surface area contributed by atoms with Gasteiger partial charge in [0.25, 0.3) is 0 Å². The summed E-state index contributed by atoms with van der Waals surface area (Å²) < 4.78 is 35.1. The van der Waals surface area contributed by atoms with E-state index in [1.807, 2.05) is 53.4 Å². The largest absolute Gasteiger partial charge is 0.492 e. The maximum atomic E-state index is 13.4. The number of para-hydroxylation sites is 1. The summed E-state index contributed by atoms with van der Waals surface area (Å²) in [6.45, 7) is 0.149. The number of aliphatic hydroxyl groups excluding tert-OH is 1. The quantitative estimate of drug-likeness (QED) is 0.397. The molecule has 0 saturated heterocycles. The molecule has 3 N–H and O–H groups in total. The van der Waals surface area contributed by atoms with E-state index in [-0.39, 0.29) is 11.5 Å². The van der Waals surface area contributed by atoms with Crippen LogP contribution in [0.4, 0.5) is 0 Å². The molecule has 5 rings (SSSR count). The van der Waals surface area contributed by atoms with Crippen LogP contribution in [0.3, 0.4) is 0 Å². The average molecular weight is 455 g/mol. The molecule has 3 heterocycles. The third-order valence-corrected chi connectivity index (χ3v) is 7.79. The maximum Gasteiger partial charge on any atom is 0.244 e. The van der Waals surface area contributed by atoms with Crippen molar-refractivity contribution in [3.63, 3.8) is 0 Å². The van der Waals surface area contributed by atoms with Gasteiger partial charge in [-0.3, -0.25) is 0 Å². The van der Waals surface area contributed by atoms with Crippen molar-refractivity contribution in [1.82, 2.24) is 9.71 Å². The normalized spacial score (nSPS) is 14.5. The summed E-state index contributed by atoms with van der Waals surface area (Å²) >= 11 is 1.57. The smallest absolute Gasteiger partial charge is 0.244 e. The van der Waals surface area contributed by atoms with Gasteiger partial charge in [-0.05, 0) is 63.7 Å². The van der Waals surface area contributed by atoms with Gasteiger partial charge >= 0.3 is 0 Å². The van der Waals surface area contributed by atoms with Crippen molar-refractivity contribution in [2.75, 3.05) is 13.2 Å². The van der Waals surface area contributed by atoms with Crippen LogP contribution in [-0.2, 0) is 22.9 Å². The molecule has 1 aliphatic rings. The number of rotatable bonds is 7. The molecule has 0 saturated carbocycles. The van der Waals surface area contributed by atoms with Gasteiger partial charge in [0.05, 0.1) is 13.2 Å². The molecule has 0 bridgehead atoms. The highest BCUT2D eigenvalue weighted by molar-refractivity contribution is 7.89. The molecule has 4 aromatic rings. The molecule has 0 amide bonds. The Hall–Kier alpha value is -2.65. The minimum atomic E-state index is -3.91. The first-order valence-corrected chi connectivity index (χ1v) is 12.5. The molecule has 1 aliphatic heterocycles. The van der Waals surface area contributed by atoms with Crippen molar-refractivity contribution in [2.24, 2.45) is 0 Å². The number of hydrogen-bond acceptors (Lipinski definition) is 5. The fourth-order valence-corrected chi connectivity index (χ4v) is 6.16. The van der Waals surface area contributed by atoms with E-state index >= 15 is 0 Å². The fraction of sp³-hybridized carbons (Fsp3) is 0.217. The van der Waals surface area contributed by atoms with E-state index in [0.29, 0.717) is 25.2 Å². The van der Waals surface area contributed by atoms with Crippen molar-refractivity contribution in [1.29, 1.82) is 0 Å². The molecule has 6 nitrogen and oxygen atoms in total. The molecule has 2 aromatic carbocycles. The van der Waals surface area contributed by atoms with E-state index in [2.05, 4.69) is 9.71 Å². The predicted molar refractivity (Wildman–Crippen MR) is 122 cm³/mol. The lowest BCUT2D eigenvalue weighted by molar-refractivity contribution is 0.256. The third-order valence-electron chi connectivity index (χ3n) is 5.58. The molecule has 0 fully saturated rings. The van der Waals surface area contributed by atoms with Gasteiger partial charge in [0.1, 0.15) is 10.6 Å². The van der Waals surface area contributed by atoms with Crippen LogP contribution in [0.1, 0.15) is 11.1 Å². The number of H-pyrrole nitrogens is 1. The zero-order chi connectivity index (χ0) is 21.4. The Morgan fingerprint density at radius 2 is 2.06 bits per heavy atom. The van der Waals surface area contributed by atoms with Gasteiger partial charge < -0.3 is 14.8 Å². The van der Waals surface area contributed by atoms with Gasteiger partial charge in [-0.1, -0.05) is 18.2 Å². The highest BCUT2D eigenvalue weighted by atomic mass is 32.2. The van der Waals surface area contributed by atoms with Crippen molar-refractivity contribution < 1.29 is 18.3 Å². The summed E-state index contributed by atoms with van der Waals surface area (Å²) in [6.07, 6.45) is 2.90. The fourth-order valence-electron chi connectivity index (χ4n) is 4.06. The summed E-state index contributed by atoms with van der Waals surface area (Å²) in [6, 6.07) is 12.8. The number of thiophene rings is 1. The molecular formula is C23H22N2O4S2. The Kier molecular flexibility index (Phi) is 5.31. The van der Waals surface area contributed by atoms with E-state index in [1.54, 1.807) is 17.4 Å². The summed E-state index contributed by atoms with van der Waals surface area (Å²) in [5.74, 6) is 0.412. The van der Waals surface area contributed by atoms with Crippen molar-refractivity contribution in [2.45, 2.75) is 23.8 Å². The molecule has 1 atom stereocenters. The molecule has 0 aliphatic carbocycles. The van der Waals surface area contributed by atoms with Gasteiger partial charge in [0, 0.05) is 29.6 Å². The minimum absolute atomic E-state index is 0.126. The van der Waals surface area contributed by atoms with Crippen molar-refractivity contribution in [3.8, 4) is 16.9 Å². The lowest BCUT2D eigenvalue weighted by atomic mass is 10.0. The number of hydrogen-bond donors (Lipinski definition) is 3. The Bertz CT molecular complexity index is 1330. The van der Waals surface area contributed by atoms with Crippen LogP contribution >= 0.6 is 11.3 Å². The number of nitrogens with one attached hydrogen (secondary N) is 2. The summed E-state index contributed by atoms with van der Waals surface area (Å²) in [4.78, 5) is 3.32. The zero-order valence-electron chi connectivity index (χ0n) is 16.7. The Labute approximate surface area is 184 Å². The predicted octanol–water partition coefficient (Wildman–Crippen LogP) is 3.71. The first-order valence-electron chi connectivity index (χ1n) is 10.1. The second kappa shape index (κ2) is 8.12. The van der Waals surface area contributed by atoms with Crippen LogP contribution < -0.4 is 9.46 Å². The van der Waals surface area contributed by atoms with Crippen LogP contribution in [0, 0.1) is 0 Å². The number of sulfonamides is 1. The van der Waals surface area contributed by atoms with E-state index in [4.69, 9.17) is 4.74 Å². The Balaban J connectivity index is 1.47. The number of aliphatic hydroxyl groups is 1. The molecule has 0 unspecified atom stereocenters. The minimum Gasteiger partial charge on any atom is -0.492 e. The number of benzene rings is 2. The van der Waals surface area contributed by atoms with Crippen LogP contribution in [0.2, 0.25) is 0 Å². The summed E-state index contributed by atoms with van der Waals surface area (Å²) in [5, 5.41) is 14.9. The molecule has 31 heavy (non-hydrogen) atoms. The zero-order valence-corrected chi connectivity index (χ0v) is 18.3. The van der Waals surface area contributed by atoms with Gasteiger partial charge in [-0.25, -0.2) is 13.1 Å². The Morgan fingerprint density at radius 1 is 1.19 bits per heavy atom. The van der Waals surface area contributed by atoms with E-state index in [0.717, 1.165) is 33.2 Å². The standard InChI is InChI=1S/C23H22N2O4S2/c26-13-19(10-18-12-24-21-4-2-1-3-20(18)21)25-31(27,28)22-11-17(16-6-8-30-14-16)9-15-5-7-29-23(15)22/h1-4,6,8-9,11-12,14,19,24-26H,5,7,10,13H2/t19-/m1/s1. The number of fused-ring (bicyclic) bond motifs is 2. The van der Waals surface area contributed by atoms with Crippen molar-refractivity contribution >= 4 is 32.3 Å². The van der Waals surface area contributed by atoms with Gasteiger partial charge in [0.2, 0.25) is 10.0 Å². The molecule has 8 heteroatoms. The topological polar surface area (TPSA) is 91.4 Å².